The predicted octanol–water partition coefficient (Wildman–Crippen LogP) is 8.96. The van der Waals surface area contributed by atoms with Gasteiger partial charge in [-0.2, -0.15) is 0 Å². The first-order valence-corrected chi connectivity index (χ1v) is 29.5. The van der Waals surface area contributed by atoms with Gasteiger partial charge in [-0.1, -0.05) is 182 Å². The molecule has 0 radical (unpaired) electrons. The first-order chi connectivity index (χ1) is 43.3. The Morgan fingerprint density at radius 1 is 0.360 bits per heavy atom. The van der Waals surface area contributed by atoms with Gasteiger partial charge in [0.25, 0.3) is 0 Å². The molecule has 0 amide bonds. The summed E-state index contributed by atoms with van der Waals surface area (Å²) in [5.41, 5.74) is 5.16. The molecule has 13 atom stereocenters. The average Bonchev–Trinajstić information content (AvgIpc) is 1.22. The molecule has 2 aliphatic heterocycles. The molecule has 89 heavy (non-hydrogen) atoms. The third-order valence-corrected chi connectivity index (χ3v) is 14.5. The van der Waals surface area contributed by atoms with Crippen LogP contribution in [0.1, 0.15) is 61.1 Å². The highest BCUT2D eigenvalue weighted by Gasteiger charge is 2.53. The van der Waals surface area contributed by atoms with Crippen molar-refractivity contribution >= 4 is 23.9 Å². The summed E-state index contributed by atoms with van der Waals surface area (Å²) in [5.74, 6) is -3.40. The van der Waals surface area contributed by atoms with Crippen molar-refractivity contribution < 1.29 is 95.0 Å². The standard InChI is InChI=1S/C69H80O20/c1-46(70)76-43-58(85-47(2)71)61(86-48(3)72)66(87-49(4)73)69(83-44-56-59(77-37-50-25-13-7-14-26-50)62(79-39-52-29-17-9-18-30-52)64(67(74-5)88-56)81-41-54-33-21-11-22-34-54)84-45-57-60(78-38-51-27-15-8-16-28-51)63(80-40-53-31-19-10-20-32-53)65(68(75-6)89-57)82-42-55-35-23-12-24-36-55/h7-36,56-69H,37-45H2,1-6H3/t56-,57-,58-,59-,60-,61-,62+,63+,64-,65-,66+,67+,68+/m1/s1. The largest absolute Gasteiger partial charge is 0.462 e. The van der Waals surface area contributed by atoms with Gasteiger partial charge in [0.1, 0.15) is 55.4 Å². The summed E-state index contributed by atoms with van der Waals surface area (Å²) in [5, 5.41) is 0. The number of hydrogen-bond acceptors (Lipinski definition) is 20. The molecule has 20 nitrogen and oxygen atoms in total. The average molecular weight is 1230 g/mol. The number of hydrogen-bond donors (Lipinski definition) is 0. The molecule has 2 saturated heterocycles. The van der Waals surface area contributed by atoms with E-state index in [1.165, 1.54) is 14.2 Å². The third-order valence-electron chi connectivity index (χ3n) is 14.5. The molecular weight excluding hydrogens is 1150 g/mol. The number of ether oxygens (including phenoxy) is 16. The van der Waals surface area contributed by atoms with Crippen LogP contribution in [-0.4, -0.2) is 144 Å². The van der Waals surface area contributed by atoms with E-state index in [-0.39, 0.29) is 39.6 Å². The Kier molecular flexibility index (Phi) is 27.2. The van der Waals surface area contributed by atoms with E-state index < -0.39 is 130 Å². The molecule has 2 fully saturated rings. The second-order valence-electron chi connectivity index (χ2n) is 21.3. The number of carbonyl (C=O) groups is 4. The van der Waals surface area contributed by atoms with Crippen LogP contribution in [0.25, 0.3) is 0 Å². The Bertz CT molecular complexity index is 2840. The molecule has 0 aromatic heterocycles. The highest BCUT2D eigenvalue weighted by atomic mass is 16.8. The van der Waals surface area contributed by atoms with Gasteiger partial charge < -0.3 is 75.8 Å². The summed E-state index contributed by atoms with van der Waals surface area (Å²) in [6.45, 7) is 3.68. The number of carbonyl (C=O) groups excluding carboxylic acids is 4. The minimum absolute atomic E-state index is 0.0813. The van der Waals surface area contributed by atoms with Gasteiger partial charge in [-0.15, -0.1) is 0 Å². The Balaban J connectivity index is 1.20. The maximum Gasteiger partial charge on any atom is 0.303 e. The van der Waals surface area contributed by atoms with E-state index in [2.05, 4.69) is 0 Å². The summed E-state index contributed by atoms with van der Waals surface area (Å²) >= 11 is 0. The molecule has 0 spiro atoms. The fourth-order valence-corrected chi connectivity index (χ4v) is 10.4. The number of esters is 4. The maximum absolute atomic E-state index is 13.6. The zero-order valence-electron chi connectivity index (χ0n) is 50.9. The minimum Gasteiger partial charge on any atom is -0.462 e. The van der Waals surface area contributed by atoms with Crippen molar-refractivity contribution in [2.45, 2.75) is 153 Å². The minimum atomic E-state index is -1.81. The lowest BCUT2D eigenvalue weighted by atomic mass is 9.97. The topological polar surface area (TPSA) is 216 Å². The van der Waals surface area contributed by atoms with Crippen LogP contribution in [-0.2, 0) is 135 Å². The van der Waals surface area contributed by atoms with Gasteiger partial charge in [0, 0.05) is 41.9 Å². The lowest BCUT2D eigenvalue weighted by Crippen LogP contribution is -2.63. The van der Waals surface area contributed by atoms with Crippen LogP contribution in [0, 0.1) is 0 Å². The van der Waals surface area contributed by atoms with E-state index >= 15 is 0 Å². The molecule has 0 N–H and O–H groups in total. The van der Waals surface area contributed by atoms with Crippen LogP contribution in [0.4, 0.5) is 0 Å². The number of methoxy groups -OCH3 is 2. The Morgan fingerprint density at radius 2 is 0.640 bits per heavy atom. The summed E-state index contributed by atoms with van der Waals surface area (Å²) in [6.07, 6.45) is -17.0. The Labute approximate surface area is 519 Å². The molecule has 6 aromatic rings. The molecule has 20 heteroatoms. The zero-order valence-corrected chi connectivity index (χ0v) is 50.9. The molecule has 0 aliphatic carbocycles. The second-order valence-corrected chi connectivity index (χ2v) is 21.3. The van der Waals surface area contributed by atoms with Crippen LogP contribution in [0.5, 0.6) is 0 Å². The fourth-order valence-electron chi connectivity index (χ4n) is 10.4. The molecule has 0 bridgehead atoms. The molecule has 0 saturated carbocycles. The van der Waals surface area contributed by atoms with Crippen molar-refractivity contribution in [2.75, 3.05) is 34.0 Å². The van der Waals surface area contributed by atoms with Gasteiger partial charge in [0.15, 0.2) is 37.2 Å². The van der Waals surface area contributed by atoms with Gasteiger partial charge >= 0.3 is 23.9 Å². The quantitative estimate of drug-likeness (QED) is 0.0209. The molecule has 2 heterocycles. The maximum atomic E-state index is 13.6. The molecule has 6 aromatic carbocycles. The van der Waals surface area contributed by atoms with Crippen LogP contribution in [0.15, 0.2) is 182 Å². The van der Waals surface area contributed by atoms with Crippen molar-refractivity contribution in [1.82, 2.24) is 0 Å². The van der Waals surface area contributed by atoms with Gasteiger partial charge in [0.05, 0.1) is 52.9 Å². The highest BCUT2D eigenvalue weighted by molar-refractivity contribution is 5.69. The lowest BCUT2D eigenvalue weighted by molar-refractivity contribution is -0.340. The van der Waals surface area contributed by atoms with Crippen molar-refractivity contribution in [3.63, 3.8) is 0 Å². The third kappa shape index (κ3) is 21.2. The Hall–Kier alpha value is -7.28. The Morgan fingerprint density at radius 3 is 0.921 bits per heavy atom. The van der Waals surface area contributed by atoms with E-state index in [9.17, 15) is 19.2 Å². The van der Waals surface area contributed by atoms with Crippen molar-refractivity contribution in [1.29, 1.82) is 0 Å². The van der Waals surface area contributed by atoms with Gasteiger partial charge in [0.2, 0.25) is 0 Å². The molecular formula is C69H80O20. The summed E-state index contributed by atoms with van der Waals surface area (Å²) in [4.78, 5) is 52.3. The highest BCUT2D eigenvalue weighted by Crippen LogP contribution is 2.35. The normalized spacial score (nSPS) is 23.0. The van der Waals surface area contributed by atoms with Crippen molar-refractivity contribution in [3.05, 3.63) is 215 Å². The van der Waals surface area contributed by atoms with E-state index in [0.717, 1.165) is 61.1 Å². The number of benzene rings is 6. The molecule has 0 unspecified atom stereocenters. The first kappa shape index (κ1) is 67.6. The fraction of sp³-hybridized carbons (Fsp3) is 0.420. The van der Waals surface area contributed by atoms with E-state index in [4.69, 9.17) is 75.8 Å². The molecule has 2 aliphatic rings. The second kappa shape index (κ2) is 35.8. The van der Waals surface area contributed by atoms with Gasteiger partial charge in [-0.25, -0.2) is 0 Å². The SMILES string of the molecule is CO[C@H]1O[C@H](COC(OC[C@H]2O[C@H](OC)[C@H](OCc3ccccc3)[C@@H](OCc3ccccc3)[C@@H]2OCc2ccccc2)[C@@H](OC(C)=O)[C@H](OC(C)=O)[C@@H](COC(C)=O)OC(C)=O)[C@@H](OCc2ccccc2)[C@H](OCc2ccccc2)[C@H]1OCc1ccccc1. The van der Waals surface area contributed by atoms with Crippen LogP contribution >= 0.6 is 0 Å². The van der Waals surface area contributed by atoms with E-state index in [1.807, 2.05) is 182 Å². The first-order valence-electron chi connectivity index (χ1n) is 29.5. The van der Waals surface area contributed by atoms with Gasteiger partial charge in [-0.3, -0.25) is 19.2 Å². The molecule has 8 rings (SSSR count). The number of rotatable bonds is 34. The van der Waals surface area contributed by atoms with Gasteiger partial charge in [-0.05, 0) is 33.4 Å². The van der Waals surface area contributed by atoms with Crippen molar-refractivity contribution in [2.24, 2.45) is 0 Å². The predicted molar refractivity (Wildman–Crippen MR) is 320 cm³/mol. The summed E-state index contributed by atoms with van der Waals surface area (Å²) in [6, 6.07) is 57.5. The summed E-state index contributed by atoms with van der Waals surface area (Å²) < 4.78 is 104. The van der Waals surface area contributed by atoms with E-state index in [1.54, 1.807) is 0 Å². The van der Waals surface area contributed by atoms with Crippen LogP contribution < -0.4 is 0 Å². The van der Waals surface area contributed by atoms with Crippen LogP contribution in [0.3, 0.4) is 0 Å². The molecule has 476 valence electrons. The zero-order chi connectivity index (χ0) is 62.7. The summed E-state index contributed by atoms with van der Waals surface area (Å²) in [7, 11) is 2.96. The monoisotopic (exact) mass is 1230 g/mol. The smallest absolute Gasteiger partial charge is 0.303 e. The van der Waals surface area contributed by atoms with E-state index in [0.29, 0.717) is 0 Å². The lowest BCUT2D eigenvalue weighted by Gasteiger charge is -2.46. The van der Waals surface area contributed by atoms with Crippen molar-refractivity contribution in [3.8, 4) is 0 Å². The van der Waals surface area contributed by atoms with Crippen LogP contribution in [0.2, 0.25) is 0 Å².